The molecule has 0 saturated heterocycles. The molecule has 8 aromatic rings. The number of aromatic amines is 2. The highest BCUT2D eigenvalue weighted by molar-refractivity contribution is 6.33. The molecule has 4 aromatic heterocycles. The molecule has 0 radical (unpaired) electrons. The van der Waals surface area contributed by atoms with Gasteiger partial charge in [0.05, 0.1) is 43.7 Å². The highest BCUT2D eigenvalue weighted by Gasteiger charge is 2.19. The van der Waals surface area contributed by atoms with Gasteiger partial charge in [0.25, 0.3) is 5.91 Å². The fourth-order valence-electron chi connectivity index (χ4n) is 7.07. The summed E-state index contributed by atoms with van der Waals surface area (Å²) in [5, 5.41) is 31.5. The molecular formula is C50H49Cl2FN14O5. The van der Waals surface area contributed by atoms with E-state index in [-0.39, 0.29) is 58.2 Å². The molecule has 8 N–H and O–H groups in total. The maximum atomic E-state index is 15.0. The molecule has 2 amide bonds. The third-order valence-electron chi connectivity index (χ3n) is 10.7. The van der Waals surface area contributed by atoms with Crippen LogP contribution in [-0.2, 0) is 16.1 Å². The van der Waals surface area contributed by atoms with E-state index in [1.54, 1.807) is 45.3 Å². The van der Waals surface area contributed by atoms with Gasteiger partial charge in [0.15, 0.2) is 17.5 Å². The molecule has 72 heavy (non-hydrogen) atoms. The van der Waals surface area contributed by atoms with Gasteiger partial charge in [-0.05, 0) is 103 Å². The fourth-order valence-corrected chi connectivity index (χ4v) is 7.34. The van der Waals surface area contributed by atoms with Crippen LogP contribution < -0.4 is 36.6 Å². The lowest BCUT2D eigenvalue weighted by atomic mass is 9.98. The van der Waals surface area contributed by atoms with E-state index >= 15 is 0 Å². The number of amides is 2. The number of hydrogen-bond acceptors (Lipinski definition) is 15. The van der Waals surface area contributed by atoms with Crippen molar-refractivity contribution in [3.8, 4) is 28.0 Å². The number of methoxy groups -OCH3 is 1. The molecule has 370 valence electrons. The fraction of sp³-hybridized carbons (Fsp3) is 0.180. The summed E-state index contributed by atoms with van der Waals surface area (Å²) in [6.07, 6.45) is 4.22. The Labute approximate surface area is 423 Å². The maximum Gasteiger partial charge on any atom is 0.343 e. The molecule has 8 rings (SSSR count). The number of carbonyl (C=O) groups is 3. The number of anilines is 8. The number of halogens is 3. The number of aryl methyl sites for hydroxylation is 3. The second-order valence-electron chi connectivity index (χ2n) is 15.9. The summed E-state index contributed by atoms with van der Waals surface area (Å²) in [5.41, 5.74) is 8.87. The zero-order valence-corrected chi connectivity index (χ0v) is 41.5. The molecule has 0 unspecified atom stereocenters. The van der Waals surface area contributed by atoms with Gasteiger partial charge >= 0.3 is 5.97 Å². The minimum atomic E-state index is -0.532. The number of ether oxygens (including phenoxy) is 2. The van der Waals surface area contributed by atoms with E-state index < -0.39 is 11.8 Å². The Hall–Kier alpha value is -8.62. The number of aromatic nitrogens is 8. The van der Waals surface area contributed by atoms with Crippen molar-refractivity contribution in [2.75, 3.05) is 42.0 Å². The SMILES string of the molecule is CC(=O)NCc1ccc(-c2cc(F)c(Nc3ncc(Cl)c(Nc4cc(C)[nH]n4)n3)cc2C)cc1.CCOC(=O)c1cn[nH]c1Nc1nc(Nc2cc(C)c(-c3ccc(C(=O)NC)cc3)cc2OC)ncc1Cl. The molecule has 0 aliphatic heterocycles. The maximum absolute atomic E-state index is 15.0. The van der Waals surface area contributed by atoms with Crippen LogP contribution in [0.1, 0.15) is 56.9 Å². The predicted octanol–water partition coefficient (Wildman–Crippen LogP) is 10.3. The summed E-state index contributed by atoms with van der Waals surface area (Å²) in [6, 6.07) is 23.8. The van der Waals surface area contributed by atoms with Crippen LogP contribution >= 0.6 is 23.2 Å². The van der Waals surface area contributed by atoms with Crippen LogP contribution in [-0.4, -0.2) is 78.9 Å². The van der Waals surface area contributed by atoms with Crippen LogP contribution in [0.2, 0.25) is 10.0 Å². The van der Waals surface area contributed by atoms with Crippen LogP contribution in [0.25, 0.3) is 22.3 Å². The number of rotatable bonds is 16. The van der Waals surface area contributed by atoms with Crippen molar-refractivity contribution in [2.45, 2.75) is 41.2 Å². The lowest BCUT2D eigenvalue weighted by molar-refractivity contribution is -0.119. The van der Waals surface area contributed by atoms with Gasteiger partial charge in [-0.1, -0.05) is 59.6 Å². The largest absolute Gasteiger partial charge is 0.495 e. The Morgan fingerprint density at radius 3 is 1.92 bits per heavy atom. The number of H-pyrrole nitrogens is 2. The first-order valence-corrected chi connectivity index (χ1v) is 22.9. The minimum Gasteiger partial charge on any atom is -0.495 e. The van der Waals surface area contributed by atoms with Crippen LogP contribution in [0.15, 0.2) is 97.5 Å². The van der Waals surface area contributed by atoms with Gasteiger partial charge in [0.2, 0.25) is 17.8 Å². The quantitative estimate of drug-likeness (QED) is 0.0419. The number of nitrogens with one attached hydrogen (secondary N) is 8. The van der Waals surface area contributed by atoms with Crippen molar-refractivity contribution in [3.05, 3.63) is 147 Å². The molecule has 0 aliphatic rings. The minimum absolute atomic E-state index is 0.0890. The highest BCUT2D eigenvalue weighted by Crippen LogP contribution is 2.36. The molecule has 4 heterocycles. The number of esters is 1. The number of hydrogen-bond donors (Lipinski definition) is 8. The number of nitrogens with zero attached hydrogens (tertiary/aromatic N) is 6. The van der Waals surface area contributed by atoms with Gasteiger partial charge in [-0.15, -0.1) is 0 Å². The normalized spacial score (nSPS) is 10.6. The Kier molecular flexibility index (Phi) is 16.6. The van der Waals surface area contributed by atoms with E-state index in [1.807, 2.05) is 69.3 Å². The molecule has 22 heteroatoms. The van der Waals surface area contributed by atoms with Crippen molar-refractivity contribution < 1.29 is 28.2 Å². The molecule has 4 aromatic carbocycles. The zero-order valence-electron chi connectivity index (χ0n) is 40.0. The first-order chi connectivity index (χ1) is 34.6. The standard InChI is InChI=1S/C26H26ClN7O4.C24H23ClFN7O/c1-5-38-25(36)18-12-30-34-22(18)32-23-19(27)13-29-26(33-23)31-20-10-14(2)17(11-21(20)37-4)15-6-8-16(9-7-15)24(35)28-3;1-13-8-21(20(26)10-18(13)17-6-4-16(5-7-17)11-27-15(3)34)29-24-28-12-19(25)23(31-24)30-22-9-14(2)32-33-22/h6-13H,5H2,1-4H3,(H,28,35)(H3,29,30,31,32,33,34);4-10,12H,11H2,1-3H3,(H,27,34)(H3,28,29,30,31,32,33). The summed E-state index contributed by atoms with van der Waals surface area (Å²) < 4.78 is 25.7. The van der Waals surface area contributed by atoms with Gasteiger partial charge in [-0.25, -0.2) is 19.2 Å². The Morgan fingerprint density at radius 2 is 1.33 bits per heavy atom. The van der Waals surface area contributed by atoms with Crippen LogP contribution in [0.5, 0.6) is 5.75 Å². The summed E-state index contributed by atoms with van der Waals surface area (Å²) in [7, 11) is 3.16. The van der Waals surface area contributed by atoms with Crippen molar-refractivity contribution >= 4 is 87.5 Å². The topological polar surface area (TPSA) is 251 Å². The van der Waals surface area contributed by atoms with Gasteiger partial charge < -0.3 is 41.4 Å². The lowest BCUT2D eigenvalue weighted by Crippen LogP contribution is -2.18. The number of benzene rings is 4. The van der Waals surface area contributed by atoms with Gasteiger partial charge in [0.1, 0.15) is 33.0 Å². The summed E-state index contributed by atoms with van der Waals surface area (Å²) in [6.45, 7) is 9.62. The Bertz CT molecular complexity index is 3240. The molecule has 19 nitrogen and oxygen atoms in total. The lowest BCUT2D eigenvalue weighted by Gasteiger charge is -2.16. The van der Waals surface area contributed by atoms with Gasteiger partial charge in [-0.3, -0.25) is 19.8 Å². The van der Waals surface area contributed by atoms with E-state index in [2.05, 4.69) is 72.2 Å². The van der Waals surface area contributed by atoms with Crippen LogP contribution in [0, 0.1) is 26.6 Å². The molecule has 0 spiro atoms. The highest BCUT2D eigenvalue weighted by atomic mass is 35.5. The Balaban J connectivity index is 0.000000213. The molecule has 0 saturated carbocycles. The molecular weight excluding hydrogens is 967 g/mol. The van der Waals surface area contributed by atoms with Crippen LogP contribution in [0.4, 0.5) is 50.9 Å². The van der Waals surface area contributed by atoms with Crippen molar-refractivity contribution in [2.24, 2.45) is 0 Å². The third-order valence-corrected chi connectivity index (χ3v) is 11.2. The Morgan fingerprint density at radius 1 is 0.736 bits per heavy atom. The number of carbonyl (C=O) groups excluding carboxylic acids is 3. The van der Waals surface area contributed by atoms with E-state index in [1.165, 1.54) is 31.6 Å². The van der Waals surface area contributed by atoms with Gasteiger partial charge in [-0.2, -0.15) is 20.2 Å². The van der Waals surface area contributed by atoms with Crippen LogP contribution in [0.3, 0.4) is 0 Å². The summed E-state index contributed by atoms with van der Waals surface area (Å²) >= 11 is 12.5. The van der Waals surface area contributed by atoms with Gasteiger partial charge in [0, 0.05) is 37.8 Å². The first kappa shape index (κ1) is 51.2. The van der Waals surface area contributed by atoms with E-state index in [0.717, 1.165) is 44.6 Å². The smallest absolute Gasteiger partial charge is 0.343 e. The van der Waals surface area contributed by atoms with E-state index in [4.69, 9.17) is 32.7 Å². The van der Waals surface area contributed by atoms with Crippen molar-refractivity contribution in [1.29, 1.82) is 0 Å². The molecule has 0 fully saturated rings. The van der Waals surface area contributed by atoms with E-state index in [0.29, 0.717) is 40.2 Å². The second-order valence-corrected chi connectivity index (χ2v) is 16.7. The second kappa shape index (κ2) is 23.3. The summed E-state index contributed by atoms with van der Waals surface area (Å²) in [4.78, 5) is 52.3. The molecule has 0 atom stereocenters. The molecule has 0 aliphatic carbocycles. The molecule has 0 bridgehead atoms. The monoisotopic (exact) mass is 1010 g/mol. The average molecular weight is 1020 g/mol. The first-order valence-electron chi connectivity index (χ1n) is 22.1. The third kappa shape index (κ3) is 12.8. The average Bonchev–Trinajstić information content (AvgIpc) is 4.02. The summed E-state index contributed by atoms with van der Waals surface area (Å²) in [5.74, 6) is 1.22. The van der Waals surface area contributed by atoms with Crippen molar-refractivity contribution in [1.82, 2.24) is 51.0 Å². The zero-order chi connectivity index (χ0) is 51.5. The predicted molar refractivity (Wildman–Crippen MR) is 276 cm³/mol. The van der Waals surface area contributed by atoms with Crippen molar-refractivity contribution in [3.63, 3.8) is 0 Å². The van der Waals surface area contributed by atoms with E-state index in [9.17, 15) is 18.8 Å².